The van der Waals surface area contributed by atoms with Gasteiger partial charge in [0.1, 0.15) is 5.51 Å². The normalized spacial score (nSPS) is 10.4. The van der Waals surface area contributed by atoms with Gasteiger partial charge in [-0.1, -0.05) is 11.3 Å². The van der Waals surface area contributed by atoms with Crippen LogP contribution in [-0.2, 0) is 6.42 Å². The molecule has 6 heteroatoms. The van der Waals surface area contributed by atoms with Crippen molar-refractivity contribution in [3.05, 3.63) is 21.6 Å². The molecule has 0 aliphatic heterocycles. The Hall–Kier alpha value is -1.01. The van der Waals surface area contributed by atoms with E-state index < -0.39 is 0 Å². The van der Waals surface area contributed by atoms with Crippen molar-refractivity contribution in [3.8, 4) is 0 Å². The van der Waals surface area contributed by atoms with Gasteiger partial charge in [0.25, 0.3) is 0 Å². The highest BCUT2D eigenvalue weighted by molar-refractivity contribution is 7.13. The lowest BCUT2D eigenvalue weighted by molar-refractivity contribution is 0.971. The van der Waals surface area contributed by atoms with Crippen LogP contribution in [0.25, 0.3) is 0 Å². The summed E-state index contributed by atoms with van der Waals surface area (Å²) in [4.78, 5) is 4.38. The molecule has 4 nitrogen and oxygen atoms in total. The Morgan fingerprint density at radius 1 is 1.43 bits per heavy atom. The number of nitrogens with zero attached hydrogens (tertiary/aromatic N) is 3. The lowest BCUT2D eigenvalue weighted by Crippen LogP contribution is -2.04. The predicted molar refractivity (Wildman–Crippen MR) is 59.0 cm³/mol. The van der Waals surface area contributed by atoms with Gasteiger partial charge in [0.2, 0.25) is 5.13 Å². The van der Waals surface area contributed by atoms with Crippen LogP contribution >= 0.6 is 22.7 Å². The molecule has 2 heterocycles. The van der Waals surface area contributed by atoms with Gasteiger partial charge in [-0.15, -0.1) is 21.5 Å². The van der Waals surface area contributed by atoms with E-state index in [1.807, 2.05) is 6.92 Å². The van der Waals surface area contributed by atoms with Crippen molar-refractivity contribution < 1.29 is 0 Å². The third kappa shape index (κ3) is 2.49. The van der Waals surface area contributed by atoms with Crippen LogP contribution in [-0.4, -0.2) is 21.7 Å². The largest absolute Gasteiger partial charge is 0.360 e. The average Bonchev–Trinajstić information content (AvgIpc) is 2.77. The molecule has 2 aromatic heterocycles. The molecule has 1 N–H and O–H groups in total. The fraction of sp³-hybridized carbons (Fsp3) is 0.375. The first kappa shape index (κ1) is 9.54. The Balaban J connectivity index is 1.78. The summed E-state index contributed by atoms with van der Waals surface area (Å²) in [5.74, 6) is 0. The maximum atomic E-state index is 4.38. The smallest absolute Gasteiger partial charge is 0.205 e. The summed E-state index contributed by atoms with van der Waals surface area (Å²) in [6.45, 7) is 2.88. The zero-order chi connectivity index (χ0) is 9.80. The molecular weight excluding hydrogens is 216 g/mol. The standard InChI is InChI=1S/C8H10N4S2/c1-6-4-13-7(11-6)2-3-9-8-12-10-5-14-8/h4-5H,2-3H2,1H3,(H,9,12). The summed E-state index contributed by atoms with van der Waals surface area (Å²) >= 11 is 3.22. The van der Waals surface area contributed by atoms with Crippen molar-refractivity contribution in [2.24, 2.45) is 0 Å². The number of hydrogen-bond donors (Lipinski definition) is 1. The molecule has 2 aromatic rings. The van der Waals surface area contributed by atoms with Gasteiger partial charge in [0, 0.05) is 24.0 Å². The van der Waals surface area contributed by atoms with Crippen LogP contribution in [0.4, 0.5) is 5.13 Å². The first-order valence-corrected chi connectivity index (χ1v) is 6.01. The Kier molecular flexibility index (Phi) is 3.05. The summed E-state index contributed by atoms with van der Waals surface area (Å²) in [6.07, 6.45) is 0.943. The molecule has 0 atom stereocenters. The number of aryl methyl sites for hydroxylation is 1. The monoisotopic (exact) mass is 226 g/mol. The van der Waals surface area contributed by atoms with Crippen LogP contribution in [0.2, 0.25) is 0 Å². The van der Waals surface area contributed by atoms with Crippen LogP contribution in [0.1, 0.15) is 10.7 Å². The molecule has 0 spiro atoms. The molecule has 0 aliphatic rings. The molecule has 0 aromatic carbocycles. The summed E-state index contributed by atoms with van der Waals surface area (Å²) in [5.41, 5.74) is 2.82. The second-order valence-corrected chi connectivity index (χ2v) is 4.58. The van der Waals surface area contributed by atoms with Crippen molar-refractivity contribution in [3.63, 3.8) is 0 Å². The van der Waals surface area contributed by atoms with Gasteiger partial charge in [-0.25, -0.2) is 4.98 Å². The van der Waals surface area contributed by atoms with E-state index in [1.165, 1.54) is 16.3 Å². The number of nitrogens with one attached hydrogen (secondary N) is 1. The fourth-order valence-corrected chi connectivity index (χ4v) is 2.29. The zero-order valence-corrected chi connectivity index (χ0v) is 9.36. The van der Waals surface area contributed by atoms with Crippen LogP contribution in [0.3, 0.4) is 0 Å². The Bertz CT molecular complexity index is 382. The van der Waals surface area contributed by atoms with Gasteiger partial charge < -0.3 is 5.32 Å². The van der Waals surface area contributed by atoms with Gasteiger partial charge in [-0.05, 0) is 6.92 Å². The Morgan fingerprint density at radius 2 is 2.36 bits per heavy atom. The highest BCUT2D eigenvalue weighted by atomic mass is 32.1. The maximum absolute atomic E-state index is 4.38. The summed E-state index contributed by atoms with van der Waals surface area (Å²) in [6, 6.07) is 0. The summed E-state index contributed by atoms with van der Waals surface area (Å²) in [5, 5.41) is 14.9. The van der Waals surface area contributed by atoms with Crippen LogP contribution in [0, 0.1) is 6.92 Å². The fourth-order valence-electron chi connectivity index (χ4n) is 1.04. The highest BCUT2D eigenvalue weighted by Gasteiger charge is 1.99. The van der Waals surface area contributed by atoms with Gasteiger partial charge in [0.05, 0.1) is 5.01 Å². The molecule has 0 aliphatic carbocycles. The maximum Gasteiger partial charge on any atom is 0.205 e. The third-order valence-corrected chi connectivity index (χ3v) is 3.32. The zero-order valence-electron chi connectivity index (χ0n) is 7.73. The molecule has 0 amide bonds. The van der Waals surface area contributed by atoms with Crippen molar-refractivity contribution in [2.75, 3.05) is 11.9 Å². The Labute approximate surface area is 90.0 Å². The van der Waals surface area contributed by atoms with E-state index in [9.17, 15) is 0 Å². The van der Waals surface area contributed by atoms with E-state index in [0.29, 0.717) is 0 Å². The molecule has 2 rings (SSSR count). The number of hydrogen-bond acceptors (Lipinski definition) is 6. The van der Waals surface area contributed by atoms with E-state index in [4.69, 9.17) is 0 Å². The molecule has 14 heavy (non-hydrogen) atoms. The topological polar surface area (TPSA) is 50.7 Å². The predicted octanol–water partition coefficient (Wildman–Crippen LogP) is 1.96. The number of aromatic nitrogens is 3. The minimum Gasteiger partial charge on any atom is -0.360 e. The van der Waals surface area contributed by atoms with Crippen molar-refractivity contribution >= 4 is 27.8 Å². The van der Waals surface area contributed by atoms with Crippen molar-refractivity contribution in [1.82, 2.24) is 15.2 Å². The van der Waals surface area contributed by atoms with E-state index in [2.05, 4.69) is 25.9 Å². The van der Waals surface area contributed by atoms with Crippen molar-refractivity contribution in [2.45, 2.75) is 13.3 Å². The quantitative estimate of drug-likeness (QED) is 0.866. The molecule has 0 radical (unpaired) electrons. The lowest BCUT2D eigenvalue weighted by atomic mass is 10.4. The van der Waals surface area contributed by atoms with Gasteiger partial charge in [0.15, 0.2) is 0 Å². The minimum atomic E-state index is 0.863. The summed E-state index contributed by atoms with van der Waals surface area (Å²) < 4.78 is 0. The van der Waals surface area contributed by atoms with Gasteiger partial charge in [-0.3, -0.25) is 0 Å². The molecule has 0 bridgehead atoms. The van der Waals surface area contributed by atoms with Gasteiger partial charge in [-0.2, -0.15) is 0 Å². The SMILES string of the molecule is Cc1csc(CCNc2nncs2)n1. The first-order valence-electron chi connectivity index (χ1n) is 4.25. The summed E-state index contributed by atoms with van der Waals surface area (Å²) in [7, 11) is 0. The van der Waals surface area contributed by atoms with Crippen LogP contribution < -0.4 is 5.32 Å². The van der Waals surface area contributed by atoms with Crippen LogP contribution in [0.15, 0.2) is 10.9 Å². The molecule has 0 saturated heterocycles. The lowest BCUT2D eigenvalue weighted by Gasteiger charge is -1.98. The minimum absolute atomic E-state index is 0.863. The van der Waals surface area contributed by atoms with E-state index in [0.717, 1.165) is 23.8 Å². The van der Waals surface area contributed by atoms with E-state index in [1.54, 1.807) is 16.8 Å². The Morgan fingerprint density at radius 3 is 3.00 bits per heavy atom. The molecule has 74 valence electrons. The van der Waals surface area contributed by atoms with Crippen LogP contribution in [0.5, 0.6) is 0 Å². The second kappa shape index (κ2) is 4.47. The van der Waals surface area contributed by atoms with Gasteiger partial charge >= 0.3 is 0 Å². The number of thiazole rings is 1. The second-order valence-electron chi connectivity index (χ2n) is 2.80. The van der Waals surface area contributed by atoms with E-state index >= 15 is 0 Å². The highest BCUT2D eigenvalue weighted by Crippen LogP contribution is 2.11. The first-order chi connectivity index (χ1) is 6.84. The molecule has 0 unspecified atom stereocenters. The molecule has 0 fully saturated rings. The van der Waals surface area contributed by atoms with E-state index in [-0.39, 0.29) is 0 Å². The number of anilines is 1. The van der Waals surface area contributed by atoms with Crippen molar-refractivity contribution in [1.29, 1.82) is 0 Å². The molecular formula is C8H10N4S2. The third-order valence-electron chi connectivity index (χ3n) is 1.64. The average molecular weight is 226 g/mol. The molecule has 0 saturated carbocycles. The number of rotatable bonds is 4.